The molecule has 0 fully saturated rings. The van der Waals surface area contributed by atoms with E-state index in [4.69, 9.17) is 11.6 Å². The Morgan fingerprint density at radius 1 is 1.25 bits per heavy atom. The largest absolute Gasteiger partial charge is 0.273 e. The van der Waals surface area contributed by atoms with Gasteiger partial charge in [-0.1, -0.05) is 41.6 Å². The Balaban J connectivity index is 1.80. The molecule has 24 heavy (non-hydrogen) atoms. The molecular weight excluding hydrogens is 360 g/mol. The van der Waals surface area contributed by atoms with Gasteiger partial charge in [-0.05, 0) is 43.3 Å². The minimum absolute atomic E-state index is 0.0199. The van der Waals surface area contributed by atoms with Crippen molar-refractivity contribution in [2.24, 2.45) is 4.99 Å². The number of rotatable bonds is 4. The van der Waals surface area contributed by atoms with Crippen molar-refractivity contribution < 1.29 is 4.79 Å². The molecule has 1 atom stereocenters. The molecule has 0 radical (unpaired) electrons. The summed E-state index contributed by atoms with van der Waals surface area (Å²) in [4.78, 5) is 20.3. The summed E-state index contributed by atoms with van der Waals surface area (Å²) in [5.41, 5.74) is 0.804. The fourth-order valence-electron chi connectivity index (χ4n) is 2.26. The number of thioether (sulfide) groups is 2. The van der Waals surface area contributed by atoms with Crippen LogP contribution < -0.4 is 4.90 Å². The van der Waals surface area contributed by atoms with Crippen LogP contribution in [0.25, 0.3) is 0 Å². The summed E-state index contributed by atoms with van der Waals surface area (Å²) in [6.07, 6.45) is 0. The number of halogens is 1. The maximum absolute atomic E-state index is 12.9. The van der Waals surface area contributed by atoms with E-state index in [2.05, 4.69) is 11.9 Å². The number of carbonyl (C=O) groups excluding carboxylic acids is 1. The average Bonchev–Trinajstić information content (AvgIpc) is 3.02. The Hall–Kier alpha value is -1.43. The quantitative estimate of drug-likeness (QED) is 0.707. The topological polar surface area (TPSA) is 32.7 Å². The van der Waals surface area contributed by atoms with E-state index in [1.54, 1.807) is 28.8 Å². The van der Waals surface area contributed by atoms with Gasteiger partial charge in [0.05, 0.1) is 17.5 Å². The number of amidine groups is 1. The molecule has 1 amide bonds. The van der Waals surface area contributed by atoms with Crippen molar-refractivity contribution in [1.82, 2.24) is 0 Å². The first-order chi connectivity index (χ1) is 11.6. The molecular formula is C18H17ClN2OS2. The van der Waals surface area contributed by atoms with Crippen molar-refractivity contribution >= 4 is 51.9 Å². The van der Waals surface area contributed by atoms with Gasteiger partial charge in [-0.3, -0.25) is 14.7 Å². The molecule has 6 heteroatoms. The molecule has 1 aliphatic heterocycles. The number of hydrogen-bond donors (Lipinski definition) is 0. The summed E-state index contributed by atoms with van der Waals surface area (Å²) in [7, 11) is 0. The summed E-state index contributed by atoms with van der Waals surface area (Å²) in [6, 6.07) is 17.5. The summed E-state index contributed by atoms with van der Waals surface area (Å²) in [5, 5.41) is 1.42. The summed E-state index contributed by atoms with van der Waals surface area (Å²) in [5.74, 6) is 1.28. The number of benzene rings is 2. The Morgan fingerprint density at radius 2 is 1.96 bits per heavy atom. The average molecular weight is 377 g/mol. The summed E-state index contributed by atoms with van der Waals surface area (Å²) < 4.78 is 0. The number of amides is 1. The second-order valence-electron chi connectivity index (χ2n) is 5.38. The van der Waals surface area contributed by atoms with Gasteiger partial charge in [0.1, 0.15) is 0 Å². The van der Waals surface area contributed by atoms with Gasteiger partial charge in [-0.15, -0.1) is 11.8 Å². The molecule has 3 nitrogen and oxygen atoms in total. The maximum Gasteiger partial charge on any atom is 0.243 e. The molecule has 3 rings (SSSR count). The fraction of sp³-hybridized carbons (Fsp3) is 0.222. The van der Waals surface area contributed by atoms with Crippen LogP contribution in [-0.4, -0.2) is 28.6 Å². The molecule has 0 bridgehead atoms. The van der Waals surface area contributed by atoms with E-state index in [-0.39, 0.29) is 11.9 Å². The monoisotopic (exact) mass is 376 g/mol. The van der Waals surface area contributed by atoms with E-state index >= 15 is 0 Å². The van der Waals surface area contributed by atoms with Crippen LogP contribution in [0.4, 0.5) is 5.69 Å². The molecule has 0 unspecified atom stereocenters. The van der Waals surface area contributed by atoms with Crippen molar-refractivity contribution in [2.45, 2.75) is 17.9 Å². The van der Waals surface area contributed by atoms with Crippen molar-refractivity contribution in [3.63, 3.8) is 0 Å². The van der Waals surface area contributed by atoms with E-state index in [0.29, 0.717) is 10.8 Å². The standard InChI is InChI=1S/C18H17ClN2OS2/c1-13-11-24-18(20-13)21(15-9-7-14(19)8-10-15)17(22)12-23-16-5-3-2-4-6-16/h2-10,13H,11-12H2,1H3/t13-/m1/s1. The van der Waals surface area contributed by atoms with E-state index in [1.807, 2.05) is 42.5 Å². The Morgan fingerprint density at radius 3 is 2.58 bits per heavy atom. The minimum atomic E-state index is 0.0199. The van der Waals surface area contributed by atoms with Gasteiger partial charge in [-0.2, -0.15) is 0 Å². The molecule has 1 heterocycles. The van der Waals surface area contributed by atoms with Gasteiger partial charge in [0.25, 0.3) is 0 Å². The summed E-state index contributed by atoms with van der Waals surface area (Å²) >= 11 is 9.13. The lowest BCUT2D eigenvalue weighted by Crippen LogP contribution is -2.36. The van der Waals surface area contributed by atoms with Gasteiger partial charge in [0.15, 0.2) is 5.17 Å². The zero-order valence-corrected chi connectivity index (χ0v) is 15.6. The second kappa shape index (κ2) is 8.10. The second-order valence-corrected chi connectivity index (χ2v) is 7.85. The maximum atomic E-state index is 12.9. The first-order valence-electron chi connectivity index (χ1n) is 7.60. The SMILES string of the molecule is C[C@@H]1CSC(N(C(=O)CSc2ccccc2)c2ccc(Cl)cc2)=N1. The van der Waals surface area contributed by atoms with Crippen LogP contribution in [0, 0.1) is 0 Å². The molecule has 0 saturated carbocycles. The van der Waals surface area contributed by atoms with Gasteiger partial charge in [-0.25, -0.2) is 0 Å². The fourth-order valence-corrected chi connectivity index (χ4v) is 4.21. The third kappa shape index (κ3) is 4.35. The number of hydrogen-bond acceptors (Lipinski definition) is 4. The van der Waals surface area contributed by atoms with Crippen molar-refractivity contribution in [2.75, 3.05) is 16.4 Å². The van der Waals surface area contributed by atoms with Crippen LogP contribution in [0.3, 0.4) is 0 Å². The lowest BCUT2D eigenvalue weighted by atomic mass is 10.3. The molecule has 1 aliphatic rings. The number of carbonyl (C=O) groups is 1. The van der Waals surface area contributed by atoms with Gasteiger partial charge >= 0.3 is 0 Å². The van der Waals surface area contributed by atoms with Crippen molar-refractivity contribution in [1.29, 1.82) is 0 Å². The highest BCUT2D eigenvalue weighted by Crippen LogP contribution is 2.28. The third-order valence-electron chi connectivity index (χ3n) is 3.42. The zero-order valence-electron chi connectivity index (χ0n) is 13.2. The lowest BCUT2D eigenvalue weighted by molar-refractivity contribution is -0.115. The number of nitrogens with zero attached hydrogens (tertiary/aromatic N) is 2. The molecule has 0 spiro atoms. The number of aliphatic imine (C=N–C) groups is 1. The Labute approximate surface area is 155 Å². The van der Waals surface area contributed by atoms with E-state index in [1.165, 1.54) is 11.8 Å². The predicted molar refractivity (Wildman–Crippen MR) is 105 cm³/mol. The Bertz CT molecular complexity index is 734. The third-order valence-corrected chi connectivity index (χ3v) is 5.86. The van der Waals surface area contributed by atoms with Crippen LogP contribution >= 0.6 is 35.1 Å². The van der Waals surface area contributed by atoms with Gasteiger partial charge < -0.3 is 0 Å². The highest BCUT2D eigenvalue weighted by molar-refractivity contribution is 8.14. The van der Waals surface area contributed by atoms with Gasteiger partial charge in [0, 0.05) is 15.7 Å². The molecule has 0 aliphatic carbocycles. The molecule has 2 aromatic carbocycles. The Kier molecular flexibility index (Phi) is 5.87. The zero-order chi connectivity index (χ0) is 16.9. The summed E-state index contributed by atoms with van der Waals surface area (Å²) in [6.45, 7) is 2.06. The smallest absolute Gasteiger partial charge is 0.243 e. The molecule has 0 N–H and O–H groups in total. The first-order valence-corrected chi connectivity index (χ1v) is 9.95. The van der Waals surface area contributed by atoms with Crippen LogP contribution in [0.15, 0.2) is 64.5 Å². The normalized spacial score (nSPS) is 16.8. The first kappa shape index (κ1) is 17.4. The number of anilines is 1. The van der Waals surface area contributed by atoms with Crippen LogP contribution in [-0.2, 0) is 4.79 Å². The van der Waals surface area contributed by atoms with Crippen molar-refractivity contribution in [3.8, 4) is 0 Å². The van der Waals surface area contributed by atoms with Crippen LogP contribution in [0.2, 0.25) is 5.02 Å². The molecule has 0 aromatic heterocycles. The highest BCUT2D eigenvalue weighted by atomic mass is 35.5. The van der Waals surface area contributed by atoms with Crippen LogP contribution in [0.1, 0.15) is 6.92 Å². The lowest BCUT2D eigenvalue weighted by Gasteiger charge is -2.22. The van der Waals surface area contributed by atoms with Crippen LogP contribution in [0.5, 0.6) is 0 Å². The minimum Gasteiger partial charge on any atom is -0.273 e. The molecule has 124 valence electrons. The van der Waals surface area contributed by atoms with E-state index in [9.17, 15) is 4.79 Å². The molecule has 0 saturated heterocycles. The highest BCUT2D eigenvalue weighted by Gasteiger charge is 2.26. The van der Waals surface area contributed by atoms with E-state index < -0.39 is 0 Å². The predicted octanol–water partition coefficient (Wildman–Crippen LogP) is 4.96. The van der Waals surface area contributed by atoms with Gasteiger partial charge in [0.2, 0.25) is 5.91 Å². The van der Waals surface area contributed by atoms with E-state index in [0.717, 1.165) is 21.5 Å². The van der Waals surface area contributed by atoms with Crippen molar-refractivity contribution in [3.05, 3.63) is 59.6 Å². The molecule has 2 aromatic rings.